The summed E-state index contributed by atoms with van der Waals surface area (Å²) < 4.78 is 40.1. The summed E-state index contributed by atoms with van der Waals surface area (Å²) in [6.07, 6.45) is 0.0493. The van der Waals surface area contributed by atoms with Gasteiger partial charge in [-0.2, -0.15) is 4.31 Å². The van der Waals surface area contributed by atoms with E-state index < -0.39 is 34.2 Å². The van der Waals surface area contributed by atoms with E-state index in [2.05, 4.69) is 26.8 Å². The van der Waals surface area contributed by atoms with Gasteiger partial charge in [0.25, 0.3) is 0 Å². The number of aryl methyl sites for hydroxylation is 1. The molecule has 2 bridgehead atoms. The Bertz CT molecular complexity index is 1100. The second-order valence-corrected chi connectivity index (χ2v) is 11.2. The third kappa shape index (κ3) is 3.85. The number of carbonyl (C=O) groups excluding carboxylic acids is 1. The van der Waals surface area contributed by atoms with Crippen molar-refractivity contribution in [2.75, 3.05) is 7.11 Å². The van der Waals surface area contributed by atoms with Gasteiger partial charge in [-0.15, -0.1) is 0 Å². The highest BCUT2D eigenvalue weighted by atomic mass is 32.2. The third-order valence-corrected chi connectivity index (χ3v) is 8.18. The Balaban J connectivity index is 1.84. The lowest BCUT2D eigenvalue weighted by Crippen LogP contribution is -2.42. The van der Waals surface area contributed by atoms with Crippen molar-refractivity contribution in [3.8, 4) is 5.75 Å². The zero-order chi connectivity index (χ0) is 22.6. The van der Waals surface area contributed by atoms with Crippen molar-refractivity contribution in [1.29, 1.82) is 0 Å². The number of fused-ring (bicyclic) bond motifs is 4. The molecule has 0 radical (unpaired) electrons. The van der Waals surface area contributed by atoms with Gasteiger partial charge < -0.3 is 9.47 Å². The first-order chi connectivity index (χ1) is 14.5. The highest BCUT2D eigenvalue weighted by molar-refractivity contribution is 7.89. The molecule has 2 aromatic carbocycles. The first-order valence-corrected chi connectivity index (χ1v) is 11.9. The molecule has 166 valence electrons. The normalized spacial score (nSPS) is 23.2. The molecule has 3 atom stereocenters. The van der Waals surface area contributed by atoms with E-state index in [1.54, 1.807) is 24.3 Å². The topological polar surface area (TPSA) is 72.9 Å². The van der Waals surface area contributed by atoms with Crippen LogP contribution in [-0.2, 0) is 25.0 Å². The van der Waals surface area contributed by atoms with Gasteiger partial charge in [0.1, 0.15) is 11.9 Å². The fourth-order valence-electron chi connectivity index (χ4n) is 4.47. The fourth-order valence-corrected chi connectivity index (χ4v) is 6.29. The van der Waals surface area contributed by atoms with Gasteiger partial charge in [0.2, 0.25) is 10.0 Å². The highest BCUT2D eigenvalue weighted by Crippen LogP contribution is 2.50. The Labute approximate surface area is 184 Å². The quantitative estimate of drug-likeness (QED) is 0.665. The van der Waals surface area contributed by atoms with E-state index in [4.69, 9.17) is 9.47 Å². The average Bonchev–Trinajstić information content (AvgIpc) is 3.00. The summed E-state index contributed by atoms with van der Waals surface area (Å²) in [6.45, 7) is 8.28. The molecule has 6 nitrogen and oxygen atoms in total. The largest absolute Gasteiger partial charge is 0.488 e. The van der Waals surface area contributed by atoms with Gasteiger partial charge in [0.05, 0.1) is 30.5 Å². The molecule has 2 aliphatic heterocycles. The lowest BCUT2D eigenvalue weighted by molar-refractivity contribution is -0.142. The minimum absolute atomic E-state index is 0.0527. The predicted octanol–water partition coefficient (Wildman–Crippen LogP) is 4.12. The van der Waals surface area contributed by atoms with E-state index in [0.29, 0.717) is 12.2 Å². The van der Waals surface area contributed by atoms with E-state index in [1.807, 2.05) is 19.1 Å². The smallest absolute Gasteiger partial charge is 0.307 e. The van der Waals surface area contributed by atoms with Crippen molar-refractivity contribution in [2.24, 2.45) is 0 Å². The van der Waals surface area contributed by atoms with Crippen LogP contribution in [0.5, 0.6) is 5.75 Å². The number of hydrogen-bond donors (Lipinski definition) is 0. The van der Waals surface area contributed by atoms with Crippen LogP contribution < -0.4 is 4.74 Å². The van der Waals surface area contributed by atoms with Crippen LogP contribution in [0.4, 0.5) is 0 Å². The predicted molar refractivity (Wildman–Crippen MR) is 118 cm³/mol. The van der Waals surface area contributed by atoms with Crippen molar-refractivity contribution in [3.05, 3.63) is 59.2 Å². The Morgan fingerprint density at radius 1 is 1.16 bits per heavy atom. The minimum Gasteiger partial charge on any atom is -0.488 e. The maximum Gasteiger partial charge on any atom is 0.307 e. The van der Waals surface area contributed by atoms with Gasteiger partial charge in [0, 0.05) is 12.0 Å². The Kier molecular flexibility index (Phi) is 5.38. The number of nitrogens with zero attached hydrogens (tertiary/aromatic N) is 1. The summed E-state index contributed by atoms with van der Waals surface area (Å²) in [5.74, 6) is 0.232. The van der Waals surface area contributed by atoms with Crippen LogP contribution in [0.3, 0.4) is 0 Å². The highest BCUT2D eigenvalue weighted by Gasteiger charge is 2.53. The SMILES string of the molecule is COC(=O)CC1C2CC(c3cc(C(C)(C)C)ccc3O2)N1S(=O)(=O)c1ccc(C)cc1. The zero-order valence-corrected chi connectivity index (χ0v) is 19.4. The van der Waals surface area contributed by atoms with Crippen LogP contribution in [-0.4, -0.2) is 37.9 Å². The first-order valence-electron chi connectivity index (χ1n) is 10.5. The van der Waals surface area contributed by atoms with Crippen LogP contribution in [0.15, 0.2) is 47.4 Å². The van der Waals surface area contributed by atoms with E-state index in [1.165, 1.54) is 11.4 Å². The molecule has 1 saturated heterocycles. The van der Waals surface area contributed by atoms with Crippen LogP contribution in [0.2, 0.25) is 0 Å². The van der Waals surface area contributed by atoms with Crippen molar-refractivity contribution < 1.29 is 22.7 Å². The summed E-state index contributed by atoms with van der Waals surface area (Å²) >= 11 is 0. The molecular weight excluding hydrogens is 414 g/mol. The Morgan fingerprint density at radius 2 is 1.84 bits per heavy atom. The molecular formula is C24H29NO5S. The molecule has 0 amide bonds. The second kappa shape index (κ2) is 7.64. The molecule has 2 aromatic rings. The molecule has 0 N–H and O–H groups in total. The van der Waals surface area contributed by atoms with Gasteiger partial charge in [-0.25, -0.2) is 8.42 Å². The molecule has 1 fully saturated rings. The fraction of sp³-hybridized carbons (Fsp3) is 0.458. The second-order valence-electron chi connectivity index (χ2n) is 9.41. The van der Waals surface area contributed by atoms with E-state index in [-0.39, 0.29) is 16.7 Å². The van der Waals surface area contributed by atoms with Crippen LogP contribution in [0, 0.1) is 6.92 Å². The number of benzene rings is 2. The standard InChI is InChI=1S/C24H29NO5S/c1-15-6-9-17(10-7-15)31(27,28)25-19-13-22(20(25)14-23(26)29-5)30-21-11-8-16(12-18(19)21)24(2,3)4/h6-12,19-20,22H,13-14H2,1-5H3. The van der Waals surface area contributed by atoms with E-state index >= 15 is 0 Å². The average molecular weight is 444 g/mol. The molecule has 0 aromatic heterocycles. The Morgan fingerprint density at radius 3 is 2.45 bits per heavy atom. The van der Waals surface area contributed by atoms with E-state index in [9.17, 15) is 13.2 Å². The number of rotatable bonds is 4. The van der Waals surface area contributed by atoms with Gasteiger partial charge in [-0.3, -0.25) is 4.79 Å². The summed E-state index contributed by atoms with van der Waals surface area (Å²) in [5, 5.41) is 0. The molecule has 2 aliphatic rings. The number of carbonyl (C=O) groups is 1. The van der Waals surface area contributed by atoms with Gasteiger partial charge in [-0.05, 0) is 42.2 Å². The maximum atomic E-state index is 13.8. The van der Waals surface area contributed by atoms with E-state index in [0.717, 1.165) is 16.7 Å². The van der Waals surface area contributed by atoms with Gasteiger partial charge >= 0.3 is 5.97 Å². The molecule has 2 heterocycles. The number of esters is 1. The lowest BCUT2D eigenvalue weighted by Gasteiger charge is -2.29. The monoisotopic (exact) mass is 443 g/mol. The minimum atomic E-state index is -3.86. The number of hydrogen-bond acceptors (Lipinski definition) is 5. The number of sulfonamides is 1. The van der Waals surface area contributed by atoms with Crippen molar-refractivity contribution in [1.82, 2.24) is 4.31 Å². The molecule has 0 spiro atoms. The molecule has 3 unspecified atom stereocenters. The van der Waals surface area contributed by atoms with Gasteiger partial charge in [0.15, 0.2) is 0 Å². The zero-order valence-electron chi connectivity index (χ0n) is 18.6. The number of ether oxygens (including phenoxy) is 2. The summed E-state index contributed by atoms with van der Waals surface area (Å²) in [5.41, 5.74) is 2.86. The van der Waals surface area contributed by atoms with Crippen molar-refractivity contribution >= 4 is 16.0 Å². The Hall–Kier alpha value is -2.38. The molecule has 4 rings (SSSR count). The maximum absolute atomic E-state index is 13.8. The lowest BCUT2D eigenvalue weighted by atomic mass is 9.84. The molecule has 0 saturated carbocycles. The molecule has 7 heteroatoms. The first kappa shape index (κ1) is 21.8. The molecule has 31 heavy (non-hydrogen) atoms. The summed E-state index contributed by atoms with van der Waals surface area (Å²) in [6, 6.07) is 11.8. The summed E-state index contributed by atoms with van der Waals surface area (Å²) in [7, 11) is -2.55. The van der Waals surface area contributed by atoms with Crippen LogP contribution in [0.1, 0.15) is 56.3 Å². The number of methoxy groups -OCH3 is 1. The summed E-state index contributed by atoms with van der Waals surface area (Å²) in [4.78, 5) is 12.4. The van der Waals surface area contributed by atoms with Gasteiger partial charge in [-0.1, -0.05) is 44.5 Å². The van der Waals surface area contributed by atoms with Crippen molar-refractivity contribution in [3.63, 3.8) is 0 Å². The molecule has 0 aliphatic carbocycles. The third-order valence-electron chi connectivity index (χ3n) is 6.23. The van der Waals surface area contributed by atoms with Crippen molar-refractivity contribution in [2.45, 2.75) is 69.0 Å². The van der Waals surface area contributed by atoms with Crippen LogP contribution in [0.25, 0.3) is 0 Å². The van der Waals surface area contributed by atoms with Crippen LogP contribution >= 0.6 is 0 Å².